The van der Waals surface area contributed by atoms with E-state index in [9.17, 15) is 18.8 Å². The Labute approximate surface area is 149 Å². The van der Waals surface area contributed by atoms with Crippen LogP contribution in [0.15, 0.2) is 46.2 Å². The normalized spacial score (nSPS) is 11.8. The Hall–Kier alpha value is -2.20. The first-order chi connectivity index (χ1) is 11.3. The molecule has 124 valence electrons. The molecule has 0 aliphatic rings. The minimum atomic E-state index is -4.01. The van der Waals surface area contributed by atoms with Crippen LogP contribution in [0, 0.1) is 11.3 Å². The fourth-order valence-electron chi connectivity index (χ4n) is 1.89. The molecule has 0 atom stereocenters. The molecule has 0 heterocycles. The van der Waals surface area contributed by atoms with Crippen LogP contribution in [0.3, 0.4) is 0 Å². The van der Waals surface area contributed by atoms with Crippen LogP contribution < -0.4 is 4.74 Å². The first-order valence-electron chi connectivity index (χ1n) is 6.48. The second-order valence-corrected chi connectivity index (χ2v) is 7.39. The highest BCUT2D eigenvalue weighted by atomic mass is 35.5. The van der Waals surface area contributed by atoms with Crippen molar-refractivity contribution in [1.29, 1.82) is 5.26 Å². The second-order valence-electron chi connectivity index (χ2n) is 4.63. The van der Waals surface area contributed by atoms with Gasteiger partial charge in [-0.2, -0.15) is 5.26 Å². The molecule has 0 radical (unpaired) electrons. The van der Waals surface area contributed by atoms with Crippen molar-refractivity contribution in [3.63, 3.8) is 0 Å². The summed E-state index contributed by atoms with van der Waals surface area (Å²) in [5.74, 6) is -0.203. The predicted octanol–water partition coefficient (Wildman–Crippen LogP) is 4.05. The lowest BCUT2D eigenvalue weighted by molar-refractivity contribution is 0.373. The minimum Gasteiger partial charge on any atom is -0.503 e. The quantitative estimate of drug-likeness (QED) is 0.804. The van der Waals surface area contributed by atoms with Crippen molar-refractivity contribution in [3.8, 4) is 17.6 Å². The minimum absolute atomic E-state index is 0.0261. The summed E-state index contributed by atoms with van der Waals surface area (Å²) in [5.41, 5.74) is 0.295. The molecule has 2 aromatic rings. The highest BCUT2D eigenvalue weighted by Gasteiger charge is 2.21. The van der Waals surface area contributed by atoms with Crippen molar-refractivity contribution in [2.75, 3.05) is 7.11 Å². The SMILES string of the molecule is COc1cc(C=C(C#N)S(=O)(=O)c2ccc(Cl)cc2)cc(Cl)c1O. The molecule has 0 spiro atoms. The molecular formula is C16H11Cl2NO4S. The third-order valence-corrected chi connectivity index (χ3v) is 5.31. The number of ether oxygens (including phenoxy) is 1. The number of hydrogen-bond donors (Lipinski definition) is 1. The monoisotopic (exact) mass is 383 g/mol. The summed E-state index contributed by atoms with van der Waals surface area (Å²) in [6.45, 7) is 0. The molecule has 8 heteroatoms. The van der Waals surface area contributed by atoms with Gasteiger partial charge in [-0.3, -0.25) is 0 Å². The van der Waals surface area contributed by atoms with Gasteiger partial charge in [0, 0.05) is 5.02 Å². The standard InChI is InChI=1S/C16H11Cl2NO4S/c1-23-15-8-10(7-14(18)16(15)20)6-13(9-19)24(21,22)12-4-2-11(17)3-5-12/h2-8,20H,1H3. The molecule has 0 fully saturated rings. The zero-order valence-electron chi connectivity index (χ0n) is 12.3. The number of benzene rings is 2. The van der Waals surface area contributed by atoms with E-state index in [1.54, 1.807) is 6.07 Å². The molecule has 0 aliphatic heterocycles. The summed E-state index contributed by atoms with van der Waals surface area (Å²) in [7, 11) is -2.69. The number of rotatable bonds is 4. The Morgan fingerprint density at radius 1 is 1.25 bits per heavy atom. The average Bonchev–Trinajstić information content (AvgIpc) is 2.55. The van der Waals surface area contributed by atoms with Crippen LogP contribution >= 0.6 is 23.2 Å². The third kappa shape index (κ3) is 3.65. The number of aromatic hydroxyl groups is 1. The highest BCUT2D eigenvalue weighted by molar-refractivity contribution is 7.95. The Morgan fingerprint density at radius 2 is 1.88 bits per heavy atom. The van der Waals surface area contributed by atoms with E-state index < -0.39 is 14.7 Å². The van der Waals surface area contributed by atoms with Gasteiger partial charge in [0.25, 0.3) is 0 Å². The van der Waals surface area contributed by atoms with Gasteiger partial charge in [0.15, 0.2) is 11.5 Å². The number of nitriles is 1. The molecule has 0 aromatic heterocycles. The molecule has 2 aromatic carbocycles. The summed E-state index contributed by atoms with van der Waals surface area (Å²) < 4.78 is 30.0. The Morgan fingerprint density at radius 3 is 2.42 bits per heavy atom. The number of phenols is 1. The number of nitrogens with zero attached hydrogens (tertiary/aromatic N) is 1. The van der Waals surface area contributed by atoms with Crippen molar-refractivity contribution in [2.24, 2.45) is 0 Å². The Bertz CT molecular complexity index is 945. The van der Waals surface area contributed by atoms with Crippen LogP contribution in [0.25, 0.3) is 6.08 Å². The predicted molar refractivity (Wildman–Crippen MR) is 91.9 cm³/mol. The molecule has 5 nitrogen and oxygen atoms in total. The number of sulfone groups is 1. The van der Waals surface area contributed by atoms with Gasteiger partial charge in [0.05, 0.1) is 17.0 Å². The van der Waals surface area contributed by atoms with Crippen molar-refractivity contribution in [3.05, 3.63) is 56.9 Å². The first kappa shape index (κ1) is 18.1. The fourth-order valence-corrected chi connectivity index (χ4v) is 3.40. The maximum atomic E-state index is 12.5. The summed E-state index contributed by atoms with van der Waals surface area (Å²) in [5, 5.41) is 19.3. The van der Waals surface area contributed by atoms with E-state index >= 15 is 0 Å². The lowest BCUT2D eigenvalue weighted by Gasteiger charge is -2.07. The van der Waals surface area contributed by atoms with Crippen molar-refractivity contribution in [1.82, 2.24) is 0 Å². The second kappa shape index (κ2) is 7.14. The summed E-state index contributed by atoms with van der Waals surface area (Å²) in [6, 6.07) is 9.83. The van der Waals surface area contributed by atoms with Crippen LogP contribution in [-0.4, -0.2) is 20.6 Å². The molecule has 1 N–H and O–H groups in total. The van der Waals surface area contributed by atoms with Crippen molar-refractivity contribution >= 4 is 39.1 Å². The molecule has 0 amide bonds. The first-order valence-corrected chi connectivity index (χ1v) is 8.72. The van der Waals surface area contributed by atoms with Crippen LogP contribution in [0.4, 0.5) is 0 Å². The zero-order chi connectivity index (χ0) is 17.9. The Balaban J connectivity index is 2.56. The number of halogens is 2. The van der Waals surface area contributed by atoms with E-state index in [1.165, 1.54) is 43.5 Å². The molecule has 0 bridgehead atoms. The van der Waals surface area contributed by atoms with Gasteiger partial charge < -0.3 is 9.84 Å². The third-order valence-electron chi connectivity index (χ3n) is 3.09. The molecule has 0 saturated carbocycles. The van der Waals surface area contributed by atoms with Gasteiger partial charge in [0.1, 0.15) is 11.0 Å². The number of allylic oxidation sites excluding steroid dienone is 1. The van der Waals surface area contributed by atoms with E-state index in [0.717, 1.165) is 6.08 Å². The molecule has 0 unspecified atom stereocenters. The summed E-state index contributed by atoms with van der Waals surface area (Å²) in [6.07, 6.45) is 1.15. The molecule has 0 saturated heterocycles. The highest BCUT2D eigenvalue weighted by Crippen LogP contribution is 2.36. The van der Waals surface area contributed by atoms with Gasteiger partial charge in [-0.05, 0) is 48.0 Å². The smallest absolute Gasteiger partial charge is 0.216 e. The van der Waals surface area contributed by atoms with Crippen molar-refractivity contribution < 1.29 is 18.3 Å². The largest absolute Gasteiger partial charge is 0.503 e. The summed E-state index contributed by atoms with van der Waals surface area (Å²) in [4.78, 5) is -0.537. The Kier molecular flexibility index (Phi) is 5.40. The van der Waals surface area contributed by atoms with Crippen LogP contribution in [-0.2, 0) is 9.84 Å². The van der Waals surface area contributed by atoms with E-state index in [1.807, 2.05) is 0 Å². The number of methoxy groups -OCH3 is 1. The lowest BCUT2D eigenvalue weighted by Crippen LogP contribution is -2.03. The summed E-state index contributed by atoms with van der Waals surface area (Å²) >= 11 is 11.6. The van der Waals surface area contributed by atoms with E-state index in [0.29, 0.717) is 10.6 Å². The van der Waals surface area contributed by atoms with Gasteiger partial charge in [-0.15, -0.1) is 0 Å². The molecule has 0 aliphatic carbocycles. The van der Waals surface area contributed by atoms with Crippen LogP contribution in [0.2, 0.25) is 10.0 Å². The van der Waals surface area contributed by atoms with Gasteiger partial charge in [0.2, 0.25) is 9.84 Å². The van der Waals surface area contributed by atoms with Crippen molar-refractivity contribution in [2.45, 2.75) is 4.90 Å². The molecule has 24 heavy (non-hydrogen) atoms. The number of phenolic OH excluding ortho intramolecular Hbond substituents is 1. The molecule has 2 rings (SSSR count). The van der Waals surface area contributed by atoms with E-state index in [-0.39, 0.29) is 21.4 Å². The van der Waals surface area contributed by atoms with Gasteiger partial charge >= 0.3 is 0 Å². The van der Waals surface area contributed by atoms with Crippen LogP contribution in [0.5, 0.6) is 11.5 Å². The van der Waals surface area contributed by atoms with Crippen LogP contribution in [0.1, 0.15) is 5.56 Å². The van der Waals surface area contributed by atoms with E-state index in [4.69, 9.17) is 27.9 Å². The maximum absolute atomic E-state index is 12.5. The van der Waals surface area contributed by atoms with Gasteiger partial charge in [-0.25, -0.2) is 8.42 Å². The van der Waals surface area contributed by atoms with E-state index in [2.05, 4.69) is 0 Å². The lowest BCUT2D eigenvalue weighted by atomic mass is 10.2. The topological polar surface area (TPSA) is 87.4 Å². The number of hydrogen-bond acceptors (Lipinski definition) is 5. The van der Waals surface area contributed by atoms with Gasteiger partial charge in [-0.1, -0.05) is 23.2 Å². The fraction of sp³-hybridized carbons (Fsp3) is 0.0625. The maximum Gasteiger partial charge on any atom is 0.216 e. The molecular weight excluding hydrogens is 373 g/mol. The zero-order valence-corrected chi connectivity index (χ0v) is 14.7. The average molecular weight is 384 g/mol.